The largest absolute Gasteiger partial charge is 0.288 e. The summed E-state index contributed by atoms with van der Waals surface area (Å²) in [5, 5.41) is 9.70. The maximum Gasteiger partial charge on any atom is 0.286 e. The molecule has 0 atom stereocenters. The van der Waals surface area contributed by atoms with Gasteiger partial charge in [0.25, 0.3) is 5.91 Å². The Balaban J connectivity index is 2.68. The van der Waals surface area contributed by atoms with Crippen LogP contribution in [0.4, 0.5) is 0 Å². The summed E-state index contributed by atoms with van der Waals surface area (Å²) in [7, 11) is 0. The molecule has 2 rings (SSSR count). The molecule has 0 spiro atoms. The van der Waals surface area contributed by atoms with E-state index in [2.05, 4.69) is 0 Å². The summed E-state index contributed by atoms with van der Waals surface area (Å²) in [6.07, 6.45) is 0. The first kappa shape index (κ1) is 9.45. The maximum absolute atomic E-state index is 11.2. The topological polar surface area (TPSA) is 49.3 Å². The van der Waals surface area contributed by atoms with E-state index in [0.29, 0.717) is 9.90 Å². The van der Waals surface area contributed by atoms with Crippen molar-refractivity contribution in [1.29, 1.82) is 0 Å². The molecule has 72 valence electrons. The van der Waals surface area contributed by atoms with Gasteiger partial charge in [0, 0.05) is 10.1 Å². The molecular formula is C9H6ClNO2S. The number of amides is 1. The van der Waals surface area contributed by atoms with Crippen molar-refractivity contribution < 1.29 is 10.0 Å². The second-order valence-electron chi connectivity index (χ2n) is 2.68. The van der Waals surface area contributed by atoms with Gasteiger partial charge < -0.3 is 0 Å². The number of benzene rings is 1. The van der Waals surface area contributed by atoms with Crippen LogP contribution in [0.2, 0.25) is 5.02 Å². The van der Waals surface area contributed by atoms with Gasteiger partial charge in [-0.2, -0.15) is 0 Å². The summed E-state index contributed by atoms with van der Waals surface area (Å²) in [5.74, 6) is -0.573. The Morgan fingerprint density at radius 1 is 1.43 bits per heavy atom. The van der Waals surface area contributed by atoms with Crippen molar-refractivity contribution in [3.05, 3.63) is 34.2 Å². The number of fused-ring (bicyclic) bond motifs is 1. The molecule has 0 aliphatic heterocycles. The van der Waals surface area contributed by atoms with Crippen LogP contribution in [0.25, 0.3) is 10.1 Å². The molecule has 0 saturated heterocycles. The molecule has 1 amide bonds. The van der Waals surface area contributed by atoms with Crippen LogP contribution in [-0.2, 0) is 0 Å². The fourth-order valence-electron chi connectivity index (χ4n) is 1.21. The molecule has 0 radical (unpaired) electrons. The van der Waals surface area contributed by atoms with Crippen LogP contribution < -0.4 is 5.48 Å². The molecule has 0 bridgehead atoms. The zero-order valence-corrected chi connectivity index (χ0v) is 8.52. The van der Waals surface area contributed by atoms with E-state index < -0.39 is 5.91 Å². The van der Waals surface area contributed by atoms with Crippen LogP contribution in [0.5, 0.6) is 0 Å². The van der Waals surface area contributed by atoms with E-state index in [9.17, 15) is 4.79 Å². The minimum absolute atomic E-state index is 0.329. The third-order valence-corrected chi connectivity index (χ3v) is 3.52. The molecule has 5 heteroatoms. The number of hydrogen-bond acceptors (Lipinski definition) is 3. The van der Waals surface area contributed by atoms with Crippen molar-refractivity contribution in [1.82, 2.24) is 5.48 Å². The number of thiophene rings is 1. The number of carbonyl (C=O) groups is 1. The number of nitrogens with one attached hydrogen (secondary N) is 1. The Morgan fingerprint density at radius 2 is 2.14 bits per heavy atom. The molecular weight excluding hydrogens is 222 g/mol. The van der Waals surface area contributed by atoms with E-state index in [-0.39, 0.29) is 0 Å². The first-order valence-electron chi connectivity index (χ1n) is 3.85. The van der Waals surface area contributed by atoms with Gasteiger partial charge in [-0.15, -0.1) is 11.3 Å². The van der Waals surface area contributed by atoms with Crippen molar-refractivity contribution in [2.45, 2.75) is 0 Å². The molecule has 14 heavy (non-hydrogen) atoms. The second kappa shape index (κ2) is 3.57. The van der Waals surface area contributed by atoms with Crippen molar-refractivity contribution in [3.63, 3.8) is 0 Å². The minimum atomic E-state index is -0.573. The van der Waals surface area contributed by atoms with Gasteiger partial charge in [0.05, 0.1) is 5.02 Å². The summed E-state index contributed by atoms with van der Waals surface area (Å²) < 4.78 is 0.927. The fourth-order valence-corrected chi connectivity index (χ4v) is 2.62. The average Bonchev–Trinajstić information content (AvgIpc) is 2.56. The third kappa shape index (κ3) is 1.37. The molecule has 0 unspecified atom stereocenters. The second-order valence-corrected chi connectivity index (χ2v) is 4.11. The van der Waals surface area contributed by atoms with Crippen LogP contribution in [0.1, 0.15) is 9.67 Å². The average molecular weight is 228 g/mol. The molecule has 0 aliphatic carbocycles. The van der Waals surface area contributed by atoms with Crippen molar-refractivity contribution in [3.8, 4) is 0 Å². The summed E-state index contributed by atoms with van der Waals surface area (Å²) >= 11 is 7.22. The summed E-state index contributed by atoms with van der Waals surface area (Å²) in [6.45, 7) is 0. The zero-order valence-electron chi connectivity index (χ0n) is 6.95. The highest BCUT2D eigenvalue weighted by Gasteiger charge is 2.15. The summed E-state index contributed by atoms with van der Waals surface area (Å²) in [5.41, 5.74) is 1.57. The van der Waals surface area contributed by atoms with E-state index in [0.717, 1.165) is 10.1 Å². The van der Waals surface area contributed by atoms with Gasteiger partial charge in [0.1, 0.15) is 4.88 Å². The quantitative estimate of drug-likeness (QED) is 0.581. The Labute approximate surface area is 88.9 Å². The predicted octanol–water partition coefficient (Wildman–Crippen LogP) is 2.67. The van der Waals surface area contributed by atoms with E-state index in [1.165, 1.54) is 11.3 Å². The normalized spacial score (nSPS) is 10.4. The van der Waals surface area contributed by atoms with Crippen LogP contribution in [0.3, 0.4) is 0 Å². The van der Waals surface area contributed by atoms with Crippen molar-refractivity contribution >= 4 is 38.9 Å². The molecule has 1 heterocycles. The monoisotopic (exact) mass is 227 g/mol. The Bertz CT molecular complexity index is 495. The highest BCUT2D eigenvalue weighted by atomic mass is 35.5. The Morgan fingerprint density at radius 3 is 2.79 bits per heavy atom. The number of carbonyl (C=O) groups excluding carboxylic acids is 1. The lowest BCUT2D eigenvalue weighted by atomic mass is 10.2. The number of rotatable bonds is 1. The highest BCUT2D eigenvalue weighted by molar-refractivity contribution is 7.21. The van der Waals surface area contributed by atoms with Crippen molar-refractivity contribution in [2.75, 3.05) is 0 Å². The van der Waals surface area contributed by atoms with Gasteiger partial charge >= 0.3 is 0 Å². The molecule has 1 aromatic heterocycles. The predicted molar refractivity (Wildman–Crippen MR) is 56.1 cm³/mol. The van der Waals surface area contributed by atoms with Gasteiger partial charge in [-0.1, -0.05) is 29.8 Å². The maximum atomic E-state index is 11.2. The molecule has 1 aromatic carbocycles. The SMILES string of the molecule is O=C(NO)c1sc2ccccc2c1Cl. The molecule has 2 aromatic rings. The molecule has 0 saturated carbocycles. The fraction of sp³-hybridized carbons (Fsp3) is 0. The summed E-state index contributed by atoms with van der Waals surface area (Å²) in [4.78, 5) is 11.5. The van der Waals surface area contributed by atoms with Crippen LogP contribution in [0.15, 0.2) is 24.3 Å². The van der Waals surface area contributed by atoms with Crippen LogP contribution in [-0.4, -0.2) is 11.1 Å². The van der Waals surface area contributed by atoms with Crippen LogP contribution >= 0.6 is 22.9 Å². The molecule has 3 nitrogen and oxygen atoms in total. The number of hydroxylamine groups is 1. The van der Waals surface area contributed by atoms with Gasteiger partial charge in [-0.3, -0.25) is 10.0 Å². The minimum Gasteiger partial charge on any atom is -0.288 e. The lowest BCUT2D eigenvalue weighted by Crippen LogP contribution is -2.17. The number of hydrogen-bond donors (Lipinski definition) is 2. The number of halogens is 1. The Hall–Kier alpha value is -1.10. The lowest BCUT2D eigenvalue weighted by molar-refractivity contribution is 0.0711. The van der Waals surface area contributed by atoms with Gasteiger partial charge in [-0.05, 0) is 6.07 Å². The lowest BCUT2D eigenvalue weighted by Gasteiger charge is -1.93. The zero-order chi connectivity index (χ0) is 10.1. The van der Waals surface area contributed by atoms with Gasteiger partial charge in [0.15, 0.2) is 0 Å². The van der Waals surface area contributed by atoms with E-state index in [1.54, 1.807) is 5.48 Å². The smallest absolute Gasteiger partial charge is 0.286 e. The summed E-state index contributed by atoms with van der Waals surface area (Å²) in [6, 6.07) is 7.43. The van der Waals surface area contributed by atoms with E-state index in [1.807, 2.05) is 24.3 Å². The van der Waals surface area contributed by atoms with Gasteiger partial charge in [0.2, 0.25) is 0 Å². The first-order chi connectivity index (χ1) is 6.74. The standard InChI is InChI=1S/C9H6ClNO2S/c10-7-5-3-1-2-4-6(5)14-8(7)9(12)11-13/h1-4,13H,(H,11,12). The van der Waals surface area contributed by atoms with Gasteiger partial charge in [-0.25, -0.2) is 5.48 Å². The van der Waals surface area contributed by atoms with E-state index >= 15 is 0 Å². The van der Waals surface area contributed by atoms with E-state index in [4.69, 9.17) is 16.8 Å². The van der Waals surface area contributed by atoms with Crippen LogP contribution in [0, 0.1) is 0 Å². The molecule has 0 fully saturated rings. The highest BCUT2D eigenvalue weighted by Crippen LogP contribution is 2.34. The molecule has 2 N–H and O–H groups in total. The molecule has 0 aliphatic rings. The third-order valence-electron chi connectivity index (χ3n) is 1.84. The first-order valence-corrected chi connectivity index (χ1v) is 5.05. The Kier molecular flexibility index (Phi) is 2.41. The van der Waals surface area contributed by atoms with Crippen molar-refractivity contribution in [2.24, 2.45) is 0 Å².